The Morgan fingerprint density at radius 3 is 0.485 bits per heavy atom. The normalized spacial score (nSPS) is 8.48. The minimum atomic E-state index is 0. The average molecular weight is 684 g/mol. The van der Waals surface area contributed by atoms with Gasteiger partial charge in [0.05, 0.1) is 0 Å². The van der Waals surface area contributed by atoms with Gasteiger partial charge in [0, 0.05) is 52.4 Å². The maximum atomic E-state index is 4.76. The van der Waals surface area contributed by atoms with Crippen LogP contribution >= 0.6 is 48.9 Å². The fourth-order valence-electron chi connectivity index (χ4n) is 1.93. The van der Waals surface area contributed by atoms with Gasteiger partial charge in [-0.2, -0.15) is 0 Å². The van der Waals surface area contributed by atoms with Crippen LogP contribution in [0.15, 0.2) is 0 Å². The molecule has 33 heavy (non-hydrogen) atoms. The minimum Gasteiger partial charge on any atom is -0.411 e. The topological polar surface area (TPSA) is 13.0 Å². The molecule has 0 heterocycles. The molecule has 4 nitrogen and oxygen atoms in total. The van der Waals surface area contributed by atoms with Crippen LogP contribution in [0.4, 0.5) is 0 Å². The van der Waals surface area contributed by atoms with E-state index in [2.05, 4.69) is 0 Å². The first kappa shape index (κ1) is 44.3. The van der Waals surface area contributed by atoms with Gasteiger partial charge in [-0.05, 0) is 55.4 Å². The zero-order valence-electron chi connectivity index (χ0n) is 21.2. The molecule has 0 aromatic heterocycles. The summed E-state index contributed by atoms with van der Waals surface area (Å²) in [6.07, 6.45) is 0. The number of hydrogen-bond donors (Lipinski definition) is 0. The van der Waals surface area contributed by atoms with E-state index in [0.717, 1.165) is 52.4 Å². The molecule has 0 aliphatic rings. The molecule has 0 rings (SSSR count). The monoisotopic (exact) mass is 682 g/mol. The first-order chi connectivity index (χ1) is 14.9. The van der Waals surface area contributed by atoms with Gasteiger partial charge in [-0.15, -0.1) is 0 Å². The van der Waals surface area contributed by atoms with Crippen molar-refractivity contribution in [2.75, 3.05) is 52.4 Å². The molecule has 0 N–H and O–H groups in total. The number of nitrogens with zero attached hydrogens (tertiary/aromatic N) is 4. The molecule has 0 amide bonds. The Labute approximate surface area is 267 Å². The fraction of sp³-hybridized carbons (Fsp3) is 0.800. The molecule has 0 aromatic rings. The average Bonchev–Trinajstić information content (AvgIpc) is 2.72. The SMILES string of the molecule is CCN(CC)C(=S)[S-].CCN(CC)C(=S)[S-].CCN(CC)C(=S)[S-].CCN(CC)C(=S)[S-].[Zr+4]. The maximum absolute atomic E-state index is 4.76. The first-order valence-corrected chi connectivity index (χ1v) is 14.0. The molecule has 192 valence electrons. The fourth-order valence-corrected chi connectivity index (χ4v) is 3.99. The molecular weight excluding hydrogens is 644 g/mol. The van der Waals surface area contributed by atoms with Gasteiger partial charge < -0.3 is 119 Å². The van der Waals surface area contributed by atoms with E-state index in [0.29, 0.717) is 17.3 Å². The zero-order chi connectivity index (χ0) is 26.3. The predicted molar refractivity (Wildman–Crippen MR) is 172 cm³/mol. The summed E-state index contributed by atoms with van der Waals surface area (Å²) in [6.45, 7) is 23.8. The second-order valence-corrected chi connectivity index (χ2v) is 9.88. The van der Waals surface area contributed by atoms with Crippen LogP contribution in [0.2, 0.25) is 0 Å². The summed E-state index contributed by atoms with van der Waals surface area (Å²) in [5, 5.41) is 0. The Kier molecular flexibility index (Phi) is 42.1. The van der Waals surface area contributed by atoms with E-state index in [1.54, 1.807) is 0 Å². The van der Waals surface area contributed by atoms with Gasteiger partial charge in [0.1, 0.15) is 0 Å². The molecule has 0 saturated heterocycles. The van der Waals surface area contributed by atoms with Crippen molar-refractivity contribution in [2.45, 2.75) is 55.4 Å². The Morgan fingerprint density at radius 1 is 0.394 bits per heavy atom. The van der Waals surface area contributed by atoms with Gasteiger partial charge in [-0.3, -0.25) is 0 Å². The molecule has 13 heteroatoms. The van der Waals surface area contributed by atoms with Gasteiger partial charge in [0.15, 0.2) is 0 Å². The molecule has 0 aliphatic carbocycles. The van der Waals surface area contributed by atoms with Gasteiger partial charge in [0.2, 0.25) is 0 Å². The van der Waals surface area contributed by atoms with E-state index in [1.807, 2.05) is 75.0 Å². The van der Waals surface area contributed by atoms with Crippen molar-refractivity contribution in [3.63, 3.8) is 0 Å². The summed E-state index contributed by atoms with van der Waals surface area (Å²) in [5.41, 5.74) is 0. The smallest absolute Gasteiger partial charge is 0.411 e. The molecule has 0 radical (unpaired) electrons. The molecule has 0 aromatic carbocycles. The van der Waals surface area contributed by atoms with E-state index in [9.17, 15) is 0 Å². The summed E-state index contributed by atoms with van der Waals surface area (Å²) in [6, 6.07) is 0. The van der Waals surface area contributed by atoms with Gasteiger partial charge >= 0.3 is 26.2 Å². The third kappa shape index (κ3) is 29.4. The number of hydrogen-bond acceptors (Lipinski definition) is 8. The third-order valence-corrected chi connectivity index (χ3v) is 6.15. The Morgan fingerprint density at radius 2 is 0.485 bits per heavy atom. The van der Waals surface area contributed by atoms with Crippen LogP contribution < -0.4 is 0 Å². The predicted octanol–water partition coefficient (Wildman–Crippen LogP) is 4.64. The van der Waals surface area contributed by atoms with Crippen LogP contribution in [0.25, 0.3) is 0 Å². The Bertz CT molecular complexity index is 408. The molecule has 0 unspecified atom stereocenters. The van der Waals surface area contributed by atoms with E-state index in [-0.39, 0.29) is 26.2 Å². The molecule has 0 aliphatic heterocycles. The molecule has 0 atom stereocenters. The zero-order valence-corrected chi connectivity index (χ0v) is 30.2. The molecular formula is C20H40N4S8Zr. The van der Waals surface area contributed by atoms with E-state index in [1.165, 1.54) is 0 Å². The number of thiocarbonyl (C=S) groups is 4. The molecule has 0 saturated carbocycles. The Balaban J connectivity index is -0.000000105. The number of rotatable bonds is 8. The van der Waals surface area contributed by atoms with Gasteiger partial charge in [-0.25, -0.2) is 0 Å². The van der Waals surface area contributed by atoms with Crippen molar-refractivity contribution in [1.82, 2.24) is 19.6 Å². The van der Waals surface area contributed by atoms with Crippen LogP contribution in [0.3, 0.4) is 0 Å². The summed E-state index contributed by atoms with van der Waals surface area (Å²) in [4.78, 5) is 7.85. The van der Waals surface area contributed by atoms with Crippen molar-refractivity contribution in [3.05, 3.63) is 0 Å². The van der Waals surface area contributed by atoms with Crippen LogP contribution in [0.5, 0.6) is 0 Å². The van der Waals surface area contributed by atoms with E-state index in [4.69, 9.17) is 99.4 Å². The van der Waals surface area contributed by atoms with Crippen LogP contribution in [-0.4, -0.2) is 89.2 Å². The van der Waals surface area contributed by atoms with Crippen LogP contribution in [-0.2, 0) is 76.7 Å². The molecule has 0 spiro atoms. The van der Waals surface area contributed by atoms with Crippen LogP contribution in [0.1, 0.15) is 55.4 Å². The molecule has 0 bridgehead atoms. The summed E-state index contributed by atoms with van der Waals surface area (Å²) in [5.74, 6) is 0. The summed E-state index contributed by atoms with van der Waals surface area (Å²) >= 11 is 38.0. The second kappa shape index (κ2) is 31.4. The summed E-state index contributed by atoms with van der Waals surface area (Å²) in [7, 11) is 0. The van der Waals surface area contributed by atoms with Crippen LogP contribution in [0, 0.1) is 0 Å². The van der Waals surface area contributed by atoms with Crippen molar-refractivity contribution in [2.24, 2.45) is 0 Å². The standard InChI is InChI=1S/4C5H11NS2.Zr/c4*1-3-6(4-2)5(7)8;/h4*3-4H2,1-2H3,(H,7,8);/q;;;;+4/p-4. The van der Waals surface area contributed by atoms with Crippen molar-refractivity contribution in [1.29, 1.82) is 0 Å². The second-order valence-electron chi connectivity index (χ2n) is 5.75. The first-order valence-electron chi connectivity index (χ1n) is 10.7. The van der Waals surface area contributed by atoms with Crippen molar-refractivity contribution >= 4 is 117 Å². The van der Waals surface area contributed by atoms with Crippen molar-refractivity contribution < 1.29 is 26.2 Å². The minimum absolute atomic E-state index is 0. The van der Waals surface area contributed by atoms with E-state index >= 15 is 0 Å². The van der Waals surface area contributed by atoms with Gasteiger partial charge in [0.25, 0.3) is 0 Å². The van der Waals surface area contributed by atoms with Crippen molar-refractivity contribution in [3.8, 4) is 0 Å². The quantitative estimate of drug-likeness (QED) is 0.262. The molecule has 0 fully saturated rings. The van der Waals surface area contributed by atoms with E-state index < -0.39 is 0 Å². The summed E-state index contributed by atoms with van der Waals surface area (Å²) < 4.78 is 2.31. The van der Waals surface area contributed by atoms with Gasteiger partial charge in [-0.1, -0.05) is 17.3 Å². The third-order valence-electron chi connectivity index (χ3n) is 4.09. The largest absolute Gasteiger partial charge is 4.00 e. The Hall–Kier alpha value is 1.32. The maximum Gasteiger partial charge on any atom is 4.00 e.